The Bertz CT molecular complexity index is 456. The Hall–Kier alpha value is -1.92. The van der Waals surface area contributed by atoms with Crippen LogP contribution in [0.25, 0.3) is 0 Å². The van der Waals surface area contributed by atoms with Gasteiger partial charge in [-0.3, -0.25) is 0 Å². The van der Waals surface area contributed by atoms with E-state index in [1.807, 2.05) is 0 Å². The highest BCUT2D eigenvalue weighted by Crippen LogP contribution is 2.07. The molecule has 6 nitrogen and oxygen atoms in total. The summed E-state index contributed by atoms with van der Waals surface area (Å²) in [6.07, 6.45) is 9.94. The lowest BCUT2D eigenvalue weighted by Gasteiger charge is -2.03. The SMILES string of the molecule is CCCCCCOOCCCCCC.O=C(O)c1ccccc1C(=O)O. The summed E-state index contributed by atoms with van der Waals surface area (Å²) in [6, 6.07) is 5.48. The van der Waals surface area contributed by atoms with Crippen molar-refractivity contribution in [1.29, 1.82) is 0 Å². The third-order valence-electron chi connectivity index (χ3n) is 3.63. The molecule has 0 saturated carbocycles. The summed E-state index contributed by atoms with van der Waals surface area (Å²) in [5, 5.41) is 17.1. The largest absolute Gasteiger partial charge is 0.478 e. The van der Waals surface area contributed by atoms with Gasteiger partial charge in [0.2, 0.25) is 0 Å². The van der Waals surface area contributed by atoms with Crippen molar-refractivity contribution in [2.75, 3.05) is 13.2 Å². The zero-order chi connectivity index (χ0) is 19.6. The number of hydrogen-bond acceptors (Lipinski definition) is 4. The standard InChI is InChI=1S/C12H26O2.C8H6O4/c1-3-5-7-9-11-13-14-12-10-8-6-4-2;9-7(10)5-3-1-2-4-6(5)8(11)12/h3-12H2,1-2H3;1-4H,(H,9,10)(H,11,12). The summed E-state index contributed by atoms with van der Waals surface area (Å²) in [4.78, 5) is 31.0. The zero-order valence-electron chi connectivity index (χ0n) is 15.9. The van der Waals surface area contributed by atoms with E-state index in [2.05, 4.69) is 13.8 Å². The number of unbranched alkanes of at least 4 members (excludes halogenated alkanes) is 6. The van der Waals surface area contributed by atoms with Crippen LogP contribution in [0, 0.1) is 0 Å². The smallest absolute Gasteiger partial charge is 0.336 e. The predicted molar refractivity (Wildman–Crippen MR) is 101 cm³/mol. The van der Waals surface area contributed by atoms with Gasteiger partial charge in [0.15, 0.2) is 0 Å². The van der Waals surface area contributed by atoms with Gasteiger partial charge >= 0.3 is 11.9 Å². The van der Waals surface area contributed by atoms with Gasteiger partial charge in [0.05, 0.1) is 24.3 Å². The average Bonchev–Trinajstić information content (AvgIpc) is 2.64. The van der Waals surface area contributed by atoms with Crippen molar-refractivity contribution in [2.24, 2.45) is 0 Å². The highest BCUT2D eigenvalue weighted by atomic mass is 17.2. The molecule has 0 amide bonds. The van der Waals surface area contributed by atoms with E-state index in [9.17, 15) is 9.59 Å². The molecule has 0 aromatic heterocycles. The van der Waals surface area contributed by atoms with E-state index in [0.29, 0.717) is 0 Å². The molecule has 0 saturated heterocycles. The summed E-state index contributed by atoms with van der Waals surface area (Å²) in [7, 11) is 0. The third kappa shape index (κ3) is 12.4. The first-order valence-corrected chi connectivity index (χ1v) is 9.34. The van der Waals surface area contributed by atoms with Crippen LogP contribution in [-0.4, -0.2) is 35.4 Å². The molecule has 148 valence electrons. The lowest BCUT2D eigenvalue weighted by molar-refractivity contribution is -0.295. The van der Waals surface area contributed by atoms with Crippen LogP contribution in [0.3, 0.4) is 0 Å². The molecule has 0 heterocycles. The van der Waals surface area contributed by atoms with Gasteiger partial charge in [-0.25, -0.2) is 19.4 Å². The summed E-state index contributed by atoms with van der Waals surface area (Å²) in [5.74, 6) is -2.46. The molecule has 6 heteroatoms. The van der Waals surface area contributed by atoms with Crippen LogP contribution in [0.15, 0.2) is 24.3 Å². The van der Waals surface area contributed by atoms with Crippen LogP contribution in [-0.2, 0) is 9.78 Å². The van der Waals surface area contributed by atoms with E-state index in [4.69, 9.17) is 20.0 Å². The van der Waals surface area contributed by atoms with Crippen molar-refractivity contribution >= 4 is 11.9 Å². The number of carbonyl (C=O) groups is 2. The van der Waals surface area contributed by atoms with Gasteiger partial charge in [-0.1, -0.05) is 64.5 Å². The van der Waals surface area contributed by atoms with Crippen molar-refractivity contribution in [3.05, 3.63) is 35.4 Å². The van der Waals surface area contributed by atoms with E-state index in [1.165, 1.54) is 62.8 Å². The molecule has 26 heavy (non-hydrogen) atoms. The number of rotatable bonds is 13. The van der Waals surface area contributed by atoms with Crippen molar-refractivity contribution in [2.45, 2.75) is 65.2 Å². The van der Waals surface area contributed by atoms with Crippen molar-refractivity contribution in [3.63, 3.8) is 0 Å². The molecular weight excluding hydrogens is 336 g/mol. The first kappa shape index (κ1) is 24.1. The number of carboxylic acids is 2. The van der Waals surface area contributed by atoms with Gasteiger partial charge in [-0.15, -0.1) is 0 Å². The third-order valence-corrected chi connectivity index (χ3v) is 3.63. The molecule has 0 fully saturated rings. The minimum Gasteiger partial charge on any atom is -0.478 e. The van der Waals surface area contributed by atoms with Gasteiger partial charge in [0, 0.05) is 0 Å². The fourth-order valence-electron chi connectivity index (χ4n) is 2.15. The van der Waals surface area contributed by atoms with Crippen molar-refractivity contribution in [3.8, 4) is 0 Å². The van der Waals surface area contributed by atoms with Crippen molar-refractivity contribution < 1.29 is 29.6 Å². The minimum atomic E-state index is -1.23. The first-order chi connectivity index (χ1) is 12.5. The van der Waals surface area contributed by atoms with Gasteiger partial charge in [0.25, 0.3) is 0 Å². The Labute approximate surface area is 156 Å². The van der Waals surface area contributed by atoms with Gasteiger partial charge in [-0.2, -0.15) is 0 Å². The molecular formula is C20H32O6. The normalized spacial score (nSPS) is 10.1. The highest BCUT2D eigenvalue weighted by molar-refractivity contribution is 6.01. The highest BCUT2D eigenvalue weighted by Gasteiger charge is 2.13. The maximum atomic E-state index is 10.5. The Morgan fingerprint density at radius 2 is 1.12 bits per heavy atom. The van der Waals surface area contributed by atoms with E-state index in [1.54, 1.807) is 0 Å². The van der Waals surface area contributed by atoms with Crippen LogP contribution in [0.5, 0.6) is 0 Å². The lowest BCUT2D eigenvalue weighted by Crippen LogP contribution is -2.06. The number of benzene rings is 1. The Kier molecular flexibility index (Phi) is 15.3. The first-order valence-electron chi connectivity index (χ1n) is 9.34. The van der Waals surface area contributed by atoms with Gasteiger partial charge in [-0.05, 0) is 25.0 Å². The lowest BCUT2D eigenvalue weighted by atomic mass is 10.1. The summed E-state index contributed by atoms with van der Waals surface area (Å²) >= 11 is 0. The quantitative estimate of drug-likeness (QED) is 0.283. The Balaban J connectivity index is 0.000000485. The molecule has 2 N–H and O–H groups in total. The fourth-order valence-corrected chi connectivity index (χ4v) is 2.15. The van der Waals surface area contributed by atoms with E-state index < -0.39 is 11.9 Å². The average molecular weight is 368 g/mol. The second-order valence-corrected chi connectivity index (χ2v) is 5.92. The molecule has 0 aliphatic heterocycles. The second-order valence-electron chi connectivity index (χ2n) is 5.92. The Morgan fingerprint density at radius 3 is 1.42 bits per heavy atom. The maximum Gasteiger partial charge on any atom is 0.336 e. The minimum absolute atomic E-state index is 0.190. The second kappa shape index (κ2) is 16.5. The van der Waals surface area contributed by atoms with Crippen molar-refractivity contribution in [1.82, 2.24) is 0 Å². The molecule has 1 aromatic carbocycles. The maximum absolute atomic E-state index is 10.5. The van der Waals surface area contributed by atoms with E-state index >= 15 is 0 Å². The van der Waals surface area contributed by atoms with E-state index in [0.717, 1.165) is 26.1 Å². The number of hydrogen-bond donors (Lipinski definition) is 2. The molecule has 0 bridgehead atoms. The van der Waals surface area contributed by atoms with Gasteiger partial charge < -0.3 is 10.2 Å². The zero-order valence-corrected chi connectivity index (χ0v) is 15.9. The van der Waals surface area contributed by atoms with Crippen LogP contribution < -0.4 is 0 Å². The monoisotopic (exact) mass is 368 g/mol. The van der Waals surface area contributed by atoms with Crippen LogP contribution in [0.2, 0.25) is 0 Å². The molecule has 0 spiro atoms. The summed E-state index contributed by atoms with van der Waals surface area (Å²) < 4.78 is 0. The topological polar surface area (TPSA) is 93.1 Å². The molecule has 0 atom stereocenters. The summed E-state index contributed by atoms with van der Waals surface area (Å²) in [5.41, 5.74) is -0.380. The summed E-state index contributed by atoms with van der Waals surface area (Å²) in [6.45, 7) is 5.94. The van der Waals surface area contributed by atoms with E-state index in [-0.39, 0.29) is 11.1 Å². The fraction of sp³-hybridized carbons (Fsp3) is 0.600. The van der Waals surface area contributed by atoms with Crippen LogP contribution in [0.1, 0.15) is 85.9 Å². The molecule has 1 aromatic rings. The molecule has 0 radical (unpaired) electrons. The predicted octanol–water partition coefficient (Wildman–Crippen LogP) is 5.18. The van der Waals surface area contributed by atoms with Crippen LogP contribution in [0.4, 0.5) is 0 Å². The molecule has 1 rings (SSSR count). The molecule has 0 aliphatic carbocycles. The Morgan fingerprint density at radius 1 is 0.731 bits per heavy atom. The number of aromatic carboxylic acids is 2. The van der Waals surface area contributed by atoms with Gasteiger partial charge in [0.1, 0.15) is 0 Å². The molecule has 0 unspecified atom stereocenters. The number of carboxylic acid groups (broad SMARTS) is 2. The van der Waals surface area contributed by atoms with Crippen LogP contribution >= 0.6 is 0 Å². The molecule has 0 aliphatic rings.